The number of fused-ring (bicyclic) bond motifs is 3. The Bertz CT molecular complexity index is 1400. The summed E-state index contributed by atoms with van der Waals surface area (Å²) in [7, 11) is 0. The standard InChI is InChI=1S/C26H27N5O3S/c1-14-9-16(10-21(14)32)29-25-18(12-27-13-28-25)23(33)22-11-17(15(2)35-22)24-26-30-19-5-3-4-6-20(19)31(26)7-8-34-24/h3-6,11-14,16,21,24,32H,7-10H2,1-2H3,(H,27,28,29)/t14-,16-,21-,24+/m1/s1. The van der Waals surface area contributed by atoms with Crippen LogP contribution in [0.25, 0.3) is 11.0 Å². The number of hydrogen-bond donors (Lipinski definition) is 2. The maximum atomic E-state index is 13.6. The quantitative estimate of drug-likeness (QED) is 0.407. The van der Waals surface area contributed by atoms with E-state index < -0.39 is 0 Å². The molecule has 9 heteroatoms. The van der Waals surface area contributed by atoms with E-state index >= 15 is 0 Å². The molecule has 6 rings (SSSR count). The number of para-hydroxylation sites is 2. The van der Waals surface area contributed by atoms with Crippen LogP contribution in [0, 0.1) is 12.8 Å². The lowest BCUT2D eigenvalue weighted by atomic mass is 10.1. The Morgan fingerprint density at radius 1 is 1.29 bits per heavy atom. The summed E-state index contributed by atoms with van der Waals surface area (Å²) in [6, 6.07) is 10.1. The van der Waals surface area contributed by atoms with Crippen molar-refractivity contribution in [2.75, 3.05) is 11.9 Å². The van der Waals surface area contributed by atoms with Crippen molar-refractivity contribution in [2.24, 2.45) is 5.92 Å². The van der Waals surface area contributed by atoms with Crippen molar-refractivity contribution < 1.29 is 14.6 Å². The number of aliphatic hydroxyl groups is 1. The fourth-order valence-electron chi connectivity index (χ4n) is 5.24. The fraction of sp³-hybridized carbons (Fsp3) is 0.385. The number of ether oxygens (including phenoxy) is 1. The predicted octanol–water partition coefficient (Wildman–Crippen LogP) is 4.12. The first-order valence-electron chi connectivity index (χ1n) is 12.0. The molecule has 2 aliphatic rings. The first kappa shape index (κ1) is 22.3. The monoisotopic (exact) mass is 489 g/mol. The molecule has 8 nitrogen and oxygen atoms in total. The number of aryl methyl sites for hydroxylation is 1. The second-order valence-electron chi connectivity index (χ2n) is 9.45. The van der Waals surface area contributed by atoms with E-state index in [0.717, 1.165) is 40.3 Å². The molecule has 180 valence electrons. The molecule has 1 fully saturated rings. The second-order valence-corrected chi connectivity index (χ2v) is 10.7. The van der Waals surface area contributed by atoms with E-state index in [2.05, 4.69) is 25.9 Å². The summed E-state index contributed by atoms with van der Waals surface area (Å²) in [5.41, 5.74) is 3.45. The van der Waals surface area contributed by atoms with Crippen LogP contribution in [0.4, 0.5) is 5.82 Å². The summed E-state index contributed by atoms with van der Waals surface area (Å²) < 4.78 is 8.40. The molecule has 1 aliphatic carbocycles. The fourth-order valence-corrected chi connectivity index (χ4v) is 6.25. The Hall–Kier alpha value is -3.14. The number of imidazole rings is 1. The summed E-state index contributed by atoms with van der Waals surface area (Å²) in [5.74, 6) is 1.48. The molecule has 0 amide bonds. The first-order chi connectivity index (χ1) is 17.0. The predicted molar refractivity (Wildman–Crippen MR) is 134 cm³/mol. The van der Waals surface area contributed by atoms with Gasteiger partial charge in [-0.3, -0.25) is 4.79 Å². The largest absolute Gasteiger partial charge is 0.393 e. The minimum Gasteiger partial charge on any atom is -0.393 e. The van der Waals surface area contributed by atoms with Crippen molar-refractivity contribution in [3.63, 3.8) is 0 Å². The van der Waals surface area contributed by atoms with Gasteiger partial charge in [0, 0.05) is 29.2 Å². The average molecular weight is 490 g/mol. The van der Waals surface area contributed by atoms with Crippen LogP contribution in [0.5, 0.6) is 0 Å². The van der Waals surface area contributed by atoms with Gasteiger partial charge in [0.05, 0.1) is 34.2 Å². The number of thiophene rings is 1. The van der Waals surface area contributed by atoms with Crippen LogP contribution in [-0.4, -0.2) is 49.2 Å². The van der Waals surface area contributed by atoms with Crippen molar-refractivity contribution in [2.45, 2.75) is 51.5 Å². The molecule has 2 N–H and O–H groups in total. The third kappa shape index (κ3) is 3.93. The number of carbonyl (C=O) groups excluding carboxylic acids is 1. The van der Waals surface area contributed by atoms with Crippen molar-refractivity contribution in [3.05, 3.63) is 69.6 Å². The van der Waals surface area contributed by atoms with Gasteiger partial charge in [0.2, 0.25) is 5.78 Å². The summed E-state index contributed by atoms with van der Waals surface area (Å²) in [4.78, 5) is 28.6. The Morgan fingerprint density at radius 3 is 2.97 bits per heavy atom. The maximum absolute atomic E-state index is 13.6. The van der Waals surface area contributed by atoms with E-state index in [1.807, 2.05) is 38.1 Å². The van der Waals surface area contributed by atoms with Crippen LogP contribution >= 0.6 is 11.3 Å². The molecule has 3 aromatic heterocycles. The van der Waals surface area contributed by atoms with Crippen LogP contribution in [-0.2, 0) is 11.3 Å². The lowest BCUT2D eigenvalue weighted by molar-refractivity contribution is 0.0441. The van der Waals surface area contributed by atoms with E-state index in [1.165, 1.54) is 17.7 Å². The Balaban J connectivity index is 1.31. The van der Waals surface area contributed by atoms with Gasteiger partial charge in [-0.15, -0.1) is 11.3 Å². The van der Waals surface area contributed by atoms with E-state index in [-0.39, 0.29) is 30.0 Å². The number of aliphatic hydroxyl groups excluding tert-OH is 1. The van der Waals surface area contributed by atoms with Crippen molar-refractivity contribution in [3.8, 4) is 0 Å². The zero-order valence-electron chi connectivity index (χ0n) is 19.6. The molecule has 1 aliphatic heterocycles. The molecule has 1 saturated carbocycles. The number of hydrogen-bond acceptors (Lipinski definition) is 8. The highest BCUT2D eigenvalue weighted by atomic mass is 32.1. The number of carbonyl (C=O) groups is 1. The lowest BCUT2D eigenvalue weighted by Gasteiger charge is -2.24. The topological polar surface area (TPSA) is 102 Å². The first-order valence-corrected chi connectivity index (χ1v) is 12.8. The molecule has 0 saturated heterocycles. The zero-order valence-corrected chi connectivity index (χ0v) is 20.5. The van der Waals surface area contributed by atoms with Gasteiger partial charge in [0.15, 0.2) is 0 Å². The molecule has 0 unspecified atom stereocenters. The summed E-state index contributed by atoms with van der Waals surface area (Å²) >= 11 is 1.45. The molecule has 0 bridgehead atoms. The highest BCUT2D eigenvalue weighted by molar-refractivity contribution is 7.14. The molecule has 35 heavy (non-hydrogen) atoms. The van der Waals surface area contributed by atoms with E-state index in [1.54, 1.807) is 6.20 Å². The summed E-state index contributed by atoms with van der Waals surface area (Å²) in [5, 5.41) is 13.5. The third-order valence-corrected chi connectivity index (χ3v) is 8.18. The lowest BCUT2D eigenvalue weighted by Crippen LogP contribution is -2.23. The van der Waals surface area contributed by atoms with Crippen LogP contribution < -0.4 is 5.32 Å². The number of nitrogens with one attached hydrogen (secondary N) is 1. The zero-order chi connectivity index (χ0) is 24.1. The SMILES string of the molecule is Cc1sc(C(=O)c2cncnc2N[C@@H]2C[C@@H](C)[C@H](O)C2)cc1[C@@H]1OCCn2c1nc1ccccc12. The van der Waals surface area contributed by atoms with Gasteiger partial charge < -0.3 is 19.7 Å². The van der Waals surface area contributed by atoms with Gasteiger partial charge in [-0.1, -0.05) is 19.1 Å². The average Bonchev–Trinajstić information content (AvgIpc) is 3.53. The molecule has 4 aromatic rings. The Morgan fingerprint density at radius 2 is 2.14 bits per heavy atom. The van der Waals surface area contributed by atoms with Gasteiger partial charge in [-0.2, -0.15) is 0 Å². The van der Waals surface area contributed by atoms with Gasteiger partial charge in [-0.05, 0) is 43.9 Å². The number of benzene rings is 1. The molecular weight excluding hydrogens is 462 g/mol. The highest BCUT2D eigenvalue weighted by Gasteiger charge is 2.32. The minimum atomic E-state index is -0.337. The van der Waals surface area contributed by atoms with Gasteiger partial charge in [0.1, 0.15) is 24.1 Å². The summed E-state index contributed by atoms with van der Waals surface area (Å²) in [6.07, 6.45) is 3.83. The molecule has 0 spiro atoms. The summed E-state index contributed by atoms with van der Waals surface area (Å²) in [6.45, 7) is 5.40. The van der Waals surface area contributed by atoms with Crippen molar-refractivity contribution in [1.82, 2.24) is 19.5 Å². The number of rotatable bonds is 5. The number of nitrogens with zero attached hydrogens (tertiary/aromatic N) is 4. The minimum absolute atomic E-state index is 0.0747. The second kappa shape index (κ2) is 8.82. The Kier molecular flexibility index (Phi) is 5.63. The van der Waals surface area contributed by atoms with Gasteiger partial charge >= 0.3 is 0 Å². The molecule has 4 atom stereocenters. The maximum Gasteiger partial charge on any atom is 0.208 e. The van der Waals surface area contributed by atoms with Crippen molar-refractivity contribution in [1.29, 1.82) is 0 Å². The van der Waals surface area contributed by atoms with E-state index in [9.17, 15) is 9.90 Å². The van der Waals surface area contributed by atoms with Crippen LogP contribution in [0.15, 0.2) is 42.9 Å². The van der Waals surface area contributed by atoms with Gasteiger partial charge in [-0.25, -0.2) is 15.0 Å². The van der Waals surface area contributed by atoms with Crippen LogP contribution in [0.3, 0.4) is 0 Å². The number of aromatic nitrogens is 4. The molecular formula is C26H27N5O3S. The number of ketones is 1. The van der Waals surface area contributed by atoms with Crippen LogP contribution in [0.1, 0.15) is 57.4 Å². The smallest absolute Gasteiger partial charge is 0.208 e. The van der Waals surface area contributed by atoms with E-state index in [4.69, 9.17) is 9.72 Å². The molecule has 0 radical (unpaired) electrons. The molecule has 1 aromatic carbocycles. The molecule has 4 heterocycles. The number of anilines is 1. The van der Waals surface area contributed by atoms with Crippen LogP contribution in [0.2, 0.25) is 0 Å². The Labute approximate surface area is 207 Å². The van der Waals surface area contributed by atoms with E-state index in [0.29, 0.717) is 29.3 Å². The normalized spacial score (nSPS) is 24.0. The highest BCUT2D eigenvalue weighted by Crippen LogP contribution is 2.38. The third-order valence-electron chi connectivity index (χ3n) is 7.12. The van der Waals surface area contributed by atoms with Crippen molar-refractivity contribution >= 4 is 34.0 Å². The van der Waals surface area contributed by atoms with Gasteiger partial charge in [0.25, 0.3) is 0 Å².